The zero-order chi connectivity index (χ0) is 17.9. The van der Waals surface area contributed by atoms with Gasteiger partial charge in [-0.1, -0.05) is 12.1 Å². The third kappa shape index (κ3) is 3.19. The van der Waals surface area contributed by atoms with E-state index in [9.17, 15) is 9.18 Å². The lowest BCUT2D eigenvalue weighted by atomic mass is 10.3. The van der Waals surface area contributed by atoms with Crippen molar-refractivity contribution in [2.24, 2.45) is 0 Å². The Labute approximate surface area is 148 Å². The third-order valence-corrected chi connectivity index (χ3v) is 4.06. The van der Waals surface area contributed by atoms with Gasteiger partial charge in [0, 0.05) is 18.7 Å². The number of H-pyrrole nitrogens is 1. The molecule has 4 aromatic rings. The number of fused-ring (bicyclic) bond motifs is 1. The fourth-order valence-corrected chi connectivity index (χ4v) is 2.78. The normalized spacial score (nSPS) is 11.0. The van der Waals surface area contributed by atoms with E-state index >= 15 is 0 Å². The van der Waals surface area contributed by atoms with Crippen LogP contribution in [0, 0.1) is 5.82 Å². The lowest BCUT2D eigenvalue weighted by molar-refractivity contribution is 0.0947. The average Bonchev–Trinajstić information content (AvgIpc) is 3.29. The van der Waals surface area contributed by atoms with Crippen LogP contribution in [0.5, 0.6) is 0 Å². The topological polar surface area (TPSA) is 75.6 Å². The van der Waals surface area contributed by atoms with Crippen LogP contribution >= 0.6 is 0 Å². The van der Waals surface area contributed by atoms with Crippen molar-refractivity contribution in [2.75, 3.05) is 6.54 Å². The molecule has 0 spiro atoms. The smallest absolute Gasteiger partial charge is 0.269 e. The van der Waals surface area contributed by atoms with Gasteiger partial charge in [-0.25, -0.2) is 14.4 Å². The first-order valence-electron chi connectivity index (χ1n) is 8.21. The first-order valence-corrected chi connectivity index (χ1v) is 8.21. The molecule has 2 N–H and O–H groups in total. The van der Waals surface area contributed by atoms with Gasteiger partial charge < -0.3 is 10.3 Å². The Balaban J connectivity index is 1.42. The number of nitrogens with one attached hydrogen (secondary N) is 2. The summed E-state index contributed by atoms with van der Waals surface area (Å²) < 4.78 is 14.7. The second kappa shape index (κ2) is 6.79. The Kier molecular flexibility index (Phi) is 4.18. The number of aromatic nitrogens is 4. The fraction of sp³-hybridized carbons (Fsp3) is 0.105. The van der Waals surface area contributed by atoms with E-state index in [1.165, 1.54) is 24.7 Å². The monoisotopic (exact) mass is 349 g/mol. The van der Waals surface area contributed by atoms with E-state index in [0.717, 1.165) is 16.9 Å². The van der Waals surface area contributed by atoms with Crippen molar-refractivity contribution in [3.8, 4) is 5.69 Å². The summed E-state index contributed by atoms with van der Waals surface area (Å²) in [5.41, 5.74) is 2.94. The largest absolute Gasteiger partial charge is 0.350 e. The average molecular weight is 349 g/mol. The summed E-state index contributed by atoms with van der Waals surface area (Å²) in [5, 5.41) is 2.87. The van der Waals surface area contributed by atoms with Crippen LogP contribution < -0.4 is 5.32 Å². The van der Waals surface area contributed by atoms with Gasteiger partial charge in [0.2, 0.25) is 0 Å². The van der Waals surface area contributed by atoms with E-state index in [1.54, 1.807) is 16.7 Å². The zero-order valence-electron chi connectivity index (χ0n) is 13.8. The number of carbonyl (C=O) groups excluding carboxylic acids is 1. The van der Waals surface area contributed by atoms with Gasteiger partial charge in [-0.2, -0.15) is 0 Å². The third-order valence-electron chi connectivity index (χ3n) is 4.06. The maximum Gasteiger partial charge on any atom is 0.269 e. The van der Waals surface area contributed by atoms with Gasteiger partial charge in [-0.3, -0.25) is 9.36 Å². The number of hydrogen-bond donors (Lipinski definition) is 2. The molecule has 2 aromatic heterocycles. The summed E-state index contributed by atoms with van der Waals surface area (Å²) in [5.74, 6) is 0.243. The van der Waals surface area contributed by atoms with Gasteiger partial charge in [-0.05, 0) is 36.4 Å². The van der Waals surface area contributed by atoms with Crippen LogP contribution in [0.15, 0.2) is 61.1 Å². The van der Waals surface area contributed by atoms with Crippen LogP contribution in [0.25, 0.3) is 16.7 Å². The molecule has 0 aliphatic rings. The van der Waals surface area contributed by atoms with Crippen LogP contribution in [0.3, 0.4) is 0 Å². The molecule has 4 rings (SSSR count). The number of hydrogen-bond acceptors (Lipinski definition) is 3. The molecule has 0 aliphatic heterocycles. The quantitative estimate of drug-likeness (QED) is 0.582. The predicted molar refractivity (Wildman–Crippen MR) is 95.7 cm³/mol. The van der Waals surface area contributed by atoms with Crippen molar-refractivity contribution in [2.45, 2.75) is 6.42 Å². The molecule has 6 nitrogen and oxygen atoms in total. The van der Waals surface area contributed by atoms with Crippen LogP contribution in [0.2, 0.25) is 0 Å². The number of carbonyl (C=O) groups is 1. The molecule has 0 unspecified atom stereocenters. The number of amides is 1. The van der Waals surface area contributed by atoms with Crippen LogP contribution in [-0.4, -0.2) is 32.0 Å². The van der Waals surface area contributed by atoms with Gasteiger partial charge in [0.1, 0.15) is 17.3 Å². The van der Waals surface area contributed by atoms with E-state index in [4.69, 9.17) is 0 Å². The molecule has 26 heavy (non-hydrogen) atoms. The highest BCUT2D eigenvalue weighted by molar-refractivity contribution is 5.93. The van der Waals surface area contributed by atoms with Crippen LogP contribution in [-0.2, 0) is 6.42 Å². The molecule has 0 fully saturated rings. The number of imidazole rings is 2. The molecule has 2 aromatic carbocycles. The van der Waals surface area contributed by atoms with Crippen molar-refractivity contribution in [3.05, 3.63) is 78.4 Å². The van der Waals surface area contributed by atoms with Gasteiger partial charge >= 0.3 is 0 Å². The highest BCUT2D eigenvalue weighted by Gasteiger charge is 2.13. The molecule has 0 saturated heterocycles. The first-order chi connectivity index (χ1) is 12.7. The number of aromatic amines is 1. The Morgan fingerprint density at radius 1 is 1.15 bits per heavy atom. The fourth-order valence-electron chi connectivity index (χ4n) is 2.78. The summed E-state index contributed by atoms with van der Waals surface area (Å²) in [6.45, 7) is 0.438. The van der Waals surface area contributed by atoms with Gasteiger partial charge in [0.15, 0.2) is 0 Å². The van der Waals surface area contributed by atoms with E-state index in [1.807, 2.05) is 24.3 Å². The summed E-state index contributed by atoms with van der Waals surface area (Å²) in [7, 11) is 0. The minimum absolute atomic E-state index is 0.247. The number of rotatable bonds is 5. The minimum Gasteiger partial charge on any atom is -0.350 e. The lowest BCUT2D eigenvalue weighted by Gasteiger charge is -2.08. The molecule has 0 saturated carbocycles. The molecular formula is C19H16FN5O. The van der Waals surface area contributed by atoms with Crippen molar-refractivity contribution in [3.63, 3.8) is 0 Å². The molecule has 0 atom stereocenters. The van der Waals surface area contributed by atoms with Gasteiger partial charge in [-0.15, -0.1) is 0 Å². The van der Waals surface area contributed by atoms with E-state index in [0.29, 0.717) is 24.3 Å². The summed E-state index contributed by atoms with van der Waals surface area (Å²) >= 11 is 0. The lowest BCUT2D eigenvalue weighted by Crippen LogP contribution is -2.27. The van der Waals surface area contributed by atoms with Crippen LogP contribution in [0.4, 0.5) is 4.39 Å². The highest BCUT2D eigenvalue weighted by Crippen LogP contribution is 2.13. The molecule has 130 valence electrons. The highest BCUT2D eigenvalue weighted by atomic mass is 19.1. The summed E-state index contributed by atoms with van der Waals surface area (Å²) in [6.07, 6.45) is 3.60. The first kappa shape index (κ1) is 16.0. The Bertz CT molecular complexity index is 1020. The maximum atomic E-state index is 13.1. The number of nitrogens with zero attached hydrogens (tertiary/aromatic N) is 3. The van der Waals surface area contributed by atoms with Crippen LogP contribution in [0.1, 0.15) is 16.3 Å². The van der Waals surface area contributed by atoms with Gasteiger partial charge in [0.25, 0.3) is 5.91 Å². The van der Waals surface area contributed by atoms with Crippen molar-refractivity contribution < 1.29 is 9.18 Å². The molecule has 0 aliphatic carbocycles. The Morgan fingerprint density at radius 3 is 2.77 bits per heavy atom. The summed E-state index contributed by atoms with van der Waals surface area (Å²) in [6, 6.07) is 13.7. The van der Waals surface area contributed by atoms with Crippen molar-refractivity contribution >= 4 is 16.9 Å². The second-order valence-corrected chi connectivity index (χ2v) is 5.83. The Hall–Kier alpha value is -3.48. The van der Waals surface area contributed by atoms with E-state index < -0.39 is 0 Å². The van der Waals surface area contributed by atoms with Crippen molar-refractivity contribution in [1.29, 1.82) is 0 Å². The van der Waals surface area contributed by atoms with Gasteiger partial charge in [0.05, 0.1) is 23.6 Å². The van der Waals surface area contributed by atoms with E-state index in [-0.39, 0.29) is 11.7 Å². The summed E-state index contributed by atoms with van der Waals surface area (Å²) in [4.78, 5) is 24.2. The Morgan fingerprint density at radius 2 is 1.96 bits per heavy atom. The zero-order valence-corrected chi connectivity index (χ0v) is 13.8. The molecule has 7 heteroatoms. The molecule has 0 bridgehead atoms. The van der Waals surface area contributed by atoms with Crippen molar-refractivity contribution in [1.82, 2.24) is 24.8 Å². The molecule has 2 heterocycles. The molecule has 0 radical (unpaired) electrons. The number of para-hydroxylation sites is 2. The minimum atomic E-state index is -0.328. The SMILES string of the molecule is O=C(NCCc1nc2ccccc2[nH]1)c1cncn1-c1ccc(F)cc1. The maximum absolute atomic E-state index is 13.1. The predicted octanol–water partition coefficient (Wildman–Crippen LogP) is 2.86. The second-order valence-electron chi connectivity index (χ2n) is 5.83. The molecular weight excluding hydrogens is 333 g/mol. The standard InChI is InChI=1S/C19H16FN5O/c20-13-5-7-14(8-6-13)25-12-21-11-17(25)19(26)22-10-9-18-23-15-3-1-2-4-16(15)24-18/h1-8,11-12H,9-10H2,(H,22,26)(H,23,24). The number of halogens is 1. The number of benzene rings is 2. The molecule has 1 amide bonds. The van der Waals surface area contributed by atoms with E-state index in [2.05, 4.69) is 20.3 Å².